The summed E-state index contributed by atoms with van der Waals surface area (Å²) in [4.78, 5) is 17.1. The molecule has 1 saturated heterocycles. The number of aromatic nitrogens is 1. The molecular weight excluding hydrogens is 430 g/mol. The number of piperidine rings is 1. The van der Waals surface area contributed by atoms with Crippen LogP contribution in [0.3, 0.4) is 0 Å². The van der Waals surface area contributed by atoms with E-state index in [1.165, 1.54) is 0 Å². The minimum Gasteiger partial charge on any atom is -0.326 e. The van der Waals surface area contributed by atoms with E-state index in [0.29, 0.717) is 37.5 Å². The van der Waals surface area contributed by atoms with Gasteiger partial charge in [-0.1, -0.05) is 19.1 Å². The van der Waals surface area contributed by atoms with E-state index in [1.54, 1.807) is 39.9 Å². The van der Waals surface area contributed by atoms with Crippen LogP contribution in [0.4, 0.5) is 5.69 Å². The van der Waals surface area contributed by atoms with Crippen LogP contribution < -0.4 is 5.32 Å². The molecule has 2 aromatic carbocycles. The number of nitrogens with one attached hydrogen (secondary N) is 1. The fourth-order valence-electron chi connectivity index (χ4n) is 3.74. The SMILES string of the molecule is CC1CCN(S(=O)(=O)c2ccc(NC(=O)CCCc3nc4ccccc4s3)cc2)CC1. The second-order valence-electron chi connectivity index (χ2n) is 8.09. The van der Waals surface area contributed by atoms with Crippen molar-refractivity contribution in [1.29, 1.82) is 0 Å². The van der Waals surface area contributed by atoms with Gasteiger partial charge in [0.1, 0.15) is 0 Å². The number of hydrogen-bond acceptors (Lipinski definition) is 5. The zero-order chi connectivity index (χ0) is 21.8. The van der Waals surface area contributed by atoms with Crippen LogP contribution in [-0.4, -0.2) is 36.7 Å². The Labute approximate surface area is 187 Å². The molecule has 4 rings (SSSR count). The van der Waals surface area contributed by atoms with Gasteiger partial charge in [-0.25, -0.2) is 13.4 Å². The van der Waals surface area contributed by atoms with Crippen molar-refractivity contribution in [2.75, 3.05) is 18.4 Å². The molecule has 0 radical (unpaired) electrons. The molecule has 0 bridgehead atoms. The van der Waals surface area contributed by atoms with Crippen molar-refractivity contribution in [2.24, 2.45) is 5.92 Å². The van der Waals surface area contributed by atoms with Crippen molar-refractivity contribution in [1.82, 2.24) is 9.29 Å². The van der Waals surface area contributed by atoms with Crippen molar-refractivity contribution < 1.29 is 13.2 Å². The number of sulfonamides is 1. The molecular formula is C23H27N3O3S2. The van der Waals surface area contributed by atoms with Gasteiger partial charge in [-0.15, -0.1) is 11.3 Å². The average molecular weight is 458 g/mol. The predicted octanol–water partition coefficient (Wildman–Crippen LogP) is 4.68. The summed E-state index contributed by atoms with van der Waals surface area (Å²) in [6, 6.07) is 14.5. The molecule has 31 heavy (non-hydrogen) atoms. The maximum atomic E-state index is 12.8. The van der Waals surface area contributed by atoms with E-state index >= 15 is 0 Å². The number of hydrogen-bond donors (Lipinski definition) is 1. The number of fused-ring (bicyclic) bond motifs is 1. The Morgan fingerprint density at radius 1 is 1.13 bits per heavy atom. The van der Waals surface area contributed by atoms with Gasteiger partial charge in [0.2, 0.25) is 15.9 Å². The number of thiazole rings is 1. The number of amides is 1. The average Bonchev–Trinajstić information content (AvgIpc) is 3.17. The highest BCUT2D eigenvalue weighted by Crippen LogP contribution is 2.25. The van der Waals surface area contributed by atoms with Gasteiger partial charge >= 0.3 is 0 Å². The third-order valence-corrected chi connectivity index (χ3v) is 8.66. The molecule has 8 heteroatoms. The Morgan fingerprint density at radius 2 is 1.84 bits per heavy atom. The molecule has 0 atom stereocenters. The van der Waals surface area contributed by atoms with Crippen molar-refractivity contribution in [3.8, 4) is 0 Å². The van der Waals surface area contributed by atoms with Gasteiger partial charge in [-0.05, 0) is 68.0 Å². The molecule has 0 spiro atoms. The van der Waals surface area contributed by atoms with Crippen LogP contribution in [0, 0.1) is 5.92 Å². The third-order valence-electron chi connectivity index (χ3n) is 5.65. The third kappa shape index (κ3) is 5.31. The number of carbonyl (C=O) groups excluding carboxylic acids is 1. The fraction of sp³-hybridized carbons (Fsp3) is 0.391. The minimum absolute atomic E-state index is 0.0817. The van der Waals surface area contributed by atoms with Crippen LogP contribution in [0.1, 0.15) is 37.6 Å². The summed E-state index contributed by atoms with van der Waals surface area (Å²) in [5.74, 6) is 0.487. The van der Waals surface area contributed by atoms with Gasteiger partial charge in [0, 0.05) is 25.2 Å². The zero-order valence-corrected chi connectivity index (χ0v) is 19.2. The topological polar surface area (TPSA) is 79.4 Å². The monoisotopic (exact) mass is 457 g/mol. The van der Waals surface area contributed by atoms with E-state index in [-0.39, 0.29) is 10.8 Å². The van der Waals surface area contributed by atoms with Crippen LogP contribution in [0.2, 0.25) is 0 Å². The number of anilines is 1. The molecule has 0 saturated carbocycles. The highest BCUT2D eigenvalue weighted by molar-refractivity contribution is 7.89. The Balaban J connectivity index is 1.28. The van der Waals surface area contributed by atoms with Crippen molar-refractivity contribution >= 4 is 43.2 Å². The molecule has 0 aliphatic carbocycles. The minimum atomic E-state index is -3.47. The molecule has 164 valence electrons. The second kappa shape index (κ2) is 9.46. The van der Waals surface area contributed by atoms with Crippen molar-refractivity contribution in [2.45, 2.75) is 43.9 Å². The van der Waals surface area contributed by atoms with E-state index in [9.17, 15) is 13.2 Å². The van der Waals surface area contributed by atoms with Crippen LogP contribution in [0.25, 0.3) is 10.2 Å². The maximum Gasteiger partial charge on any atom is 0.243 e. The predicted molar refractivity (Wildman–Crippen MR) is 125 cm³/mol. The Hall–Kier alpha value is -2.29. The number of carbonyl (C=O) groups is 1. The van der Waals surface area contributed by atoms with Gasteiger partial charge in [0.05, 0.1) is 20.1 Å². The van der Waals surface area contributed by atoms with Gasteiger partial charge < -0.3 is 5.32 Å². The number of aryl methyl sites for hydroxylation is 1. The lowest BCUT2D eigenvalue weighted by Gasteiger charge is -2.29. The fourth-order valence-corrected chi connectivity index (χ4v) is 6.21. The number of para-hydroxylation sites is 1. The zero-order valence-electron chi connectivity index (χ0n) is 17.6. The maximum absolute atomic E-state index is 12.8. The smallest absolute Gasteiger partial charge is 0.243 e. The lowest BCUT2D eigenvalue weighted by molar-refractivity contribution is -0.116. The molecule has 6 nitrogen and oxygen atoms in total. The first-order valence-corrected chi connectivity index (χ1v) is 12.9. The lowest BCUT2D eigenvalue weighted by Crippen LogP contribution is -2.37. The first-order chi connectivity index (χ1) is 14.9. The highest BCUT2D eigenvalue weighted by Gasteiger charge is 2.27. The number of benzene rings is 2. The molecule has 3 aromatic rings. The Morgan fingerprint density at radius 3 is 2.55 bits per heavy atom. The van der Waals surface area contributed by atoms with Crippen molar-refractivity contribution in [3.05, 3.63) is 53.5 Å². The van der Waals surface area contributed by atoms with E-state index in [4.69, 9.17) is 0 Å². The highest BCUT2D eigenvalue weighted by atomic mass is 32.2. The summed E-state index contributed by atoms with van der Waals surface area (Å²) in [6.45, 7) is 3.29. The molecule has 1 fully saturated rings. The summed E-state index contributed by atoms with van der Waals surface area (Å²) < 4.78 is 28.3. The Bertz CT molecular complexity index is 1120. The standard InChI is InChI=1S/C23H27N3O3S2/c1-17-13-15-26(16-14-17)31(28,29)19-11-9-18(10-12-19)24-22(27)7-4-8-23-25-20-5-2-3-6-21(20)30-23/h2-3,5-6,9-12,17H,4,7-8,13-16H2,1H3,(H,24,27). The second-order valence-corrected chi connectivity index (χ2v) is 11.1. The van der Waals surface area contributed by atoms with Crippen LogP contribution >= 0.6 is 11.3 Å². The molecule has 1 aliphatic heterocycles. The first kappa shape index (κ1) is 21.9. The quantitative estimate of drug-likeness (QED) is 0.559. The lowest BCUT2D eigenvalue weighted by atomic mass is 10.0. The normalized spacial score (nSPS) is 15.9. The van der Waals surface area contributed by atoms with Gasteiger partial charge in [0.15, 0.2) is 0 Å². The summed E-state index contributed by atoms with van der Waals surface area (Å²) in [7, 11) is -3.47. The largest absolute Gasteiger partial charge is 0.326 e. The Kier molecular flexibility index (Phi) is 6.69. The molecule has 1 amide bonds. The summed E-state index contributed by atoms with van der Waals surface area (Å²) in [5.41, 5.74) is 1.61. The van der Waals surface area contributed by atoms with Gasteiger partial charge in [-0.2, -0.15) is 4.31 Å². The molecule has 1 aromatic heterocycles. The first-order valence-electron chi connectivity index (χ1n) is 10.7. The molecule has 1 N–H and O–H groups in total. The molecule has 0 unspecified atom stereocenters. The summed E-state index contributed by atoms with van der Waals surface area (Å²) in [5, 5.41) is 3.89. The van der Waals surface area contributed by atoms with Crippen LogP contribution in [0.15, 0.2) is 53.4 Å². The van der Waals surface area contributed by atoms with Crippen molar-refractivity contribution in [3.63, 3.8) is 0 Å². The number of rotatable bonds is 7. The van der Waals surface area contributed by atoms with E-state index < -0.39 is 10.0 Å². The summed E-state index contributed by atoms with van der Waals surface area (Å²) >= 11 is 1.66. The van der Waals surface area contributed by atoms with E-state index in [2.05, 4.69) is 23.3 Å². The van der Waals surface area contributed by atoms with Gasteiger partial charge in [-0.3, -0.25) is 4.79 Å². The number of nitrogens with zero attached hydrogens (tertiary/aromatic N) is 2. The van der Waals surface area contributed by atoms with Crippen LogP contribution in [-0.2, 0) is 21.2 Å². The van der Waals surface area contributed by atoms with Gasteiger partial charge in [0.25, 0.3) is 0 Å². The van der Waals surface area contributed by atoms with E-state index in [0.717, 1.165) is 34.5 Å². The molecule has 2 heterocycles. The van der Waals surface area contributed by atoms with E-state index in [1.807, 2.05) is 18.2 Å². The summed E-state index contributed by atoms with van der Waals surface area (Å²) in [6.07, 6.45) is 3.65. The van der Waals surface area contributed by atoms with Crippen LogP contribution in [0.5, 0.6) is 0 Å². The molecule has 1 aliphatic rings.